The first-order valence-corrected chi connectivity index (χ1v) is 11.7. The molecule has 0 aliphatic heterocycles. The molecular formula is C27H23ClN2O5. The van der Waals surface area contributed by atoms with Crippen molar-refractivity contribution >= 4 is 35.3 Å². The van der Waals surface area contributed by atoms with E-state index < -0.39 is 17.6 Å². The quantitative estimate of drug-likeness (QED) is 0.409. The molecule has 3 aromatic carbocycles. The molecule has 7 nitrogen and oxygen atoms in total. The number of hydrogen-bond acceptors (Lipinski definition) is 4. The lowest BCUT2D eigenvalue weighted by molar-refractivity contribution is -0.116. The average molecular weight is 491 g/mol. The van der Waals surface area contributed by atoms with Crippen molar-refractivity contribution in [1.29, 1.82) is 0 Å². The molecule has 0 bridgehead atoms. The summed E-state index contributed by atoms with van der Waals surface area (Å²) in [5.74, 6) is -1.47. The molecule has 3 N–H and O–H groups in total. The van der Waals surface area contributed by atoms with Crippen LogP contribution in [0.2, 0.25) is 5.02 Å². The van der Waals surface area contributed by atoms with Gasteiger partial charge in [0.2, 0.25) is 5.91 Å². The van der Waals surface area contributed by atoms with Crippen molar-refractivity contribution in [3.05, 3.63) is 88.4 Å². The van der Waals surface area contributed by atoms with E-state index in [1.54, 1.807) is 0 Å². The second kappa shape index (κ2) is 9.07. The number of carboxylic acids is 1. The standard InChI is InChI=1S/C27H23ClN2O5/c28-22-13-16(25(32)33)9-10-23(22)29-24(31)14-27(11-12-27)30-26(34)35-15-21-19-7-3-1-5-17(19)18-6-2-4-8-20(18)21/h1-10,13,21H,11-12,14-15H2,(H,29,31)(H,30,34)(H,32,33). The summed E-state index contributed by atoms with van der Waals surface area (Å²) in [6, 6.07) is 20.3. The summed E-state index contributed by atoms with van der Waals surface area (Å²) in [4.78, 5) is 36.3. The Balaban J connectivity index is 1.18. The fraction of sp³-hybridized carbons (Fsp3) is 0.222. The van der Waals surface area contributed by atoms with Gasteiger partial charge in [0.15, 0.2) is 0 Å². The van der Waals surface area contributed by atoms with Gasteiger partial charge in [0.05, 0.1) is 28.2 Å². The third kappa shape index (κ3) is 4.72. The first kappa shape index (κ1) is 22.9. The first-order valence-electron chi connectivity index (χ1n) is 11.3. The van der Waals surface area contributed by atoms with Gasteiger partial charge in [-0.15, -0.1) is 0 Å². The van der Waals surface area contributed by atoms with Crippen LogP contribution in [-0.4, -0.2) is 35.2 Å². The minimum absolute atomic E-state index is 0.0311. The minimum atomic E-state index is -1.10. The van der Waals surface area contributed by atoms with Crippen LogP contribution >= 0.6 is 11.6 Å². The van der Waals surface area contributed by atoms with E-state index in [9.17, 15) is 14.4 Å². The smallest absolute Gasteiger partial charge is 0.407 e. The van der Waals surface area contributed by atoms with Gasteiger partial charge < -0.3 is 20.5 Å². The van der Waals surface area contributed by atoms with Crippen LogP contribution in [0.25, 0.3) is 11.1 Å². The number of halogens is 1. The highest BCUT2D eigenvalue weighted by Crippen LogP contribution is 2.45. The number of fused-ring (bicyclic) bond motifs is 3. The Hall–Kier alpha value is -3.84. The van der Waals surface area contributed by atoms with Crippen LogP contribution in [0.15, 0.2) is 66.7 Å². The Morgan fingerprint density at radius 1 is 0.971 bits per heavy atom. The number of hydrogen-bond donors (Lipinski definition) is 3. The Bertz CT molecular complexity index is 1290. The predicted octanol–water partition coefficient (Wildman–Crippen LogP) is 5.44. The van der Waals surface area contributed by atoms with Crippen LogP contribution in [0.3, 0.4) is 0 Å². The van der Waals surface area contributed by atoms with Crippen LogP contribution in [0, 0.1) is 0 Å². The fourth-order valence-corrected chi connectivity index (χ4v) is 4.83. The van der Waals surface area contributed by atoms with Crippen LogP contribution in [0.1, 0.15) is 46.7 Å². The molecule has 0 heterocycles. The average Bonchev–Trinajstić information content (AvgIpc) is 3.50. The topological polar surface area (TPSA) is 105 Å². The highest BCUT2D eigenvalue weighted by Gasteiger charge is 2.46. The zero-order valence-corrected chi connectivity index (χ0v) is 19.5. The number of amides is 2. The van der Waals surface area contributed by atoms with Gasteiger partial charge in [0.1, 0.15) is 6.61 Å². The minimum Gasteiger partial charge on any atom is -0.478 e. The molecule has 2 aliphatic rings. The molecule has 0 spiro atoms. The molecule has 0 atom stereocenters. The molecule has 178 valence electrons. The fourth-order valence-electron chi connectivity index (χ4n) is 4.60. The van der Waals surface area contributed by atoms with E-state index in [1.165, 1.54) is 18.2 Å². The largest absolute Gasteiger partial charge is 0.478 e. The lowest BCUT2D eigenvalue weighted by Crippen LogP contribution is -2.40. The molecular weight excluding hydrogens is 468 g/mol. The van der Waals surface area contributed by atoms with Gasteiger partial charge in [-0.2, -0.15) is 0 Å². The lowest BCUT2D eigenvalue weighted by Gasteiger charge is -2.19. The molecule has 35 heavy (non-hydrogen) atoms. The van der Waals surface area contributed by atoms with E-state index in [0.717, 1.165) is 22.3 Å². The molecule has 2 aliphatic carbocycles. The molecule has 0 aromatic heterocycles. The zero-order chi connectivity index (χ0) is 24.6. The summed E-state index contributed by atoms with van der Waals surface area (Å²) in [6.07, 6.45) is 0.835. The lowest BCUT2D eigenvalue weighted by atomic mass is 9.98. The summed E-state index contributed by atoms with van der Waals surface area (Å²) in [7, 11) is 0. The predicted molar refractivity (Wildman–Crippen MR) is 132 cm³/mol. The van der Waals surface area contributed by atoms with Gasteiger partial charge in [-0.05, 0) is 53.3 Å². The SMILES string of the molecule is O=C(CC1(NC(=O)OCC2c3ccccc3-c3ccccc32)CC1)Nc1ccc(C(=O)O)cc1Cl. The normalized spacial score (nSPS) is 15.0. The molecule has 3 aromatic rings. The Labute approximate surface area is 207 Å². The second-order valence-electron chi connectivity index (χ2n) is 8.96. The Morgan fingerprint density at radius 3 is 2.17 bits per heavy atom. The number of ether oxygens (including phenoxy) is 1. The summed E-state index contributed by atoms with van der Waals surface area (Å²) < 4.78 is 5.61. The number of rotatable bonds is 7. The van der Waals surface area contributed by atoms with Crippen molar-refractivity contribution in [3.8, 4) is 11.1 Å². The summed E-state index contributed by atoms with van der Waals surface area (Å²) >= 11 is 6.10. The number of carbonyl (C=O) groups excluding carboxylic acids is 2. The van der Waals surface area contributed by atoms with Crippen LogP contribution in [-0.2, 0) is 9.53 Å². The van der Waals surface area contributed by atoms with E-state index in [4.69, 9.17) is 21.4 Å². The van der Waals surface area contributed by atoms with Gasteiger partial charge in [-0.3, -0.25) is 4.79 Å². The van der Waals surface area contributed by atoms with E-state index in [1.807, 2.05) is 24.3 Å². The van der Waals surface area contributed by atoms with Crippen molar-refractivity contribution < 1.29 is 24.2 Å². The van der Waals surface area contributed by atoms with Crippen molar-refractivity contribution in [2.75, 3.05) is 11.9 Å². The molecule has 0 saturated heterocycles. The van der Waals surface area contributed by atoms with Crippen molar-refractivity contribution in [2.24, 2.45) is 0 Å². The van der Waals surface area contributed by atoms with E-state index in [2.05, 4.69) is 34.9 Å². The first-order chi connectivity index (χ1) is 16.8. The van der Waals surface area contributed by atoms with E-state index in [-0.39, 0.29) is 35.4 Å². The second-order valence-corrected chi connectivity index (χ2v) is 9.36. The number of aromatic carboxylic acids is 1. The molecule has 1 saturated carbocycles. The van der Waals surface area contributed by atoms with E-state index >= 15 is 0 Å². The van der Waals surface area contributed by atoms with Crippen molar-refractivity contribution in [2.45, 2.75) is 30.7 Å². The third-order valence-corrected chi connectivity index (χ3v) is 6.87. The molecule has 1 fully saturated rings. The van der Waals surface area contributed by atoms with Gasteiger partial charge in [-0.25, -0.2) is 9.59 Å². The van der Waals surface area contributed by atoms with Crippen LogP contribution in [0.5, 0.6) is 0 Å². The van der Waals surface area contributed by atoms with Crippen molar-refractivity contribution in [3.63, 3.8) is 0 Å². The number of nitrogens with one attached hydrogen (secondary N) is 2. The van der Waals surface area contributed by atoms with E-state index in [0.29, 0.717) is 18.5 Å². The Morgan fingerprint density at radius 2 is 1.60 bits per heavy atom. The van der Waals surface area contributed by atoms with Crippen LogP contribution in [0.4, 0.5) is 10.5 Å². The van der Waals surface area contributed by atoms with Gasteiger partial charge in [0.25, 0.3) is 0 Å². The monoisotopic (exact) mass is 490 g/mol. The maximum absolute atomic E-state index is 12.6. The van der Waals surface area contributed by atoms with Crippen molar-refractivity contribution in [1.82, 2.24) is 5.32 Å². The summed E-state index contributed by atoms with van der Waals surface area (Å²) in [5.41, 5.74) is 4.27. The summed E-state index contributed by atoms with van der Waals surface area (Å²) in [5, 5.41) is 14.7. The molecule has 0 radical (unpaired) electrons. The summed E-state index contributed by atoms with van der Waals surface area (Å²) in [6.45, 7) is 0.202. The molecule has 8 heteroatoms. The number of benzene rings is 3. The van der Waals surface area contributed by atoms with Gasteiger partial charge >= 0.3 is 12.1 Å². The number of carbonyl (C=O) groups is 3. The number of anilines is 1. The number of carboxylic acid groups (broad SMARTS) is 1. The highest BCUT2D eigenvalue weighted by atomic mass is 35.5. The number of alkyl carbamates (subject to hydrolysis) is 1. The maximum atomic E-state index is 12.6. The molecule has 0 unspecified atom stereocenters. The Kier molecular flexibility index (Phi) is 5.94. The van der Waals surface area contributed by atoms with Gasteiger partial charge in [0, 0.05) is 5.92 Å². The molecule has 5 rings (SSSR count). The maximum Gasteiger partial charge on any atom is 0.407 e. The molecule has 2 amide bonds. The van der Waals surface area contributed by atoms with Gasteiger partial charge in [-0.1, -0.05) is 60.1 Å². The highest BCUT2D eigenvalue weighted by molar-refractivity contribution is 6.34. The van der Waals surface area contributed by atoms with Crippen LogP contribution < -0.4 is 10.6 Å². The zero-order valence-electron chi connectivity index (χ0n) is 18.7. The third-order valence-electron chi connectivity index (χ3n) is 6.55.